The van der Waals surface area contributed by atoms with Crippen molar-refractivity contribution in [2.45, 2.75) is 29.9 Å². The van der Waals surface area contributed by atoms with Crippen molar-refractivity contribution in [2.24, 2.45) is 0 Å². The van der Waals surface area contributed by atoms with Gasteiger partial charge < -0.3 is 19.9 Å². The number of nitrogens with one attached hydrogen (secondary N) is 2. The van der Waals surface area contributed by atoms with Gasteiger partial charge in [-0.2, -0.15) is 0 Å². The molecule has 2 aromatic heterocycles. The van der Waals surface area contributed by atoms with Crippen molar-refractivity contribution in [1.82, 2.24) is 20.2 Å². The van der Waals surface area contributed by atoms with E-state index in [0.717, 1.165) is 16.9 Å². The fraction of sp³-hybridized carbons (Fsp3) is 0.208. The Labute approximate surface area is 195 Å². The normalized spacial score (nSPS) is 17.1. The average molecular weight is 462 g/mol. The van der Waals surface area contributed by atoms with Gasteiger partial charge in [0.1, 0.15) is 16.8 Å². The van der Waals surface area contributed by atoms with Gasteiger partial charge in [-0.3, -0.25) is 4.79 Å². The second kappa shape index (κ2) is 9.41. The highest BCUT2D eigenvalue weighted by molar-refractivity contribution is 8.00. The maximum atomic E-state index is 13.2. The number of nitrogens with zero attached hydrogens (tertiary/aromatic N) is 3. The average Bonchev–Trinajstić information content (AvgIpc) is 3.53. The van der Waals surface area contributed by atoms with Crippen molar-refractivity contribution in [3.05, 3.63) is 84.3 Å². The number of carbonyl (C=O) groups is 1. The number of amides is 1. The number of rotatable bonds is 7. The summed E-state index contributed by atoms with van der Waals surface area (Å²) in [7, 11) is 0. The molecule has 2 N–H and O–H groups in total. The topological polar surface area (TPSA) is 94.2 Å². The van der Waals surface area contributed by atoms with E-state index in [1.54, 1.807) is 12.3 Å². The molecule has 1 aliphatic heterocycles. The summed E-state index contributed by atoms with van der Waals surface area (Å²) in [5.41, 5.74) is 5.38. The molecule has 0 saturated heterocycles. The summed E-state index contributed by atoms with van der Waals surface area (Å²) < 4.78 is 12.8. The van der Waals surface area contributed by atoms with Gasteiger partial charge in [0.25, 0.3) is 0 Å². The van der Waals surface area contributed by atoms with Gasteiger partial charge in [-0.05, 0) is 36.8 Å². The van der Waals surface area contributed by atoms with Crippen LogP contribution in [0.25, 0.3) is 11.4 Å². The molecule has 1 aliphatic rings. The third-order valence-electron chi connectivity index (χ3n) is 5.29. The lowest BCUT2D eigenvalue weighted by Gasteiger charge is -2.33. The summed E-state index contributed by atoms with van der Waals surface area (Å²) in [4.78, 5) is 13.2. The molecule has 3 heterocycles. The number of thioether (sulfide) groups is 1. The Morgan fingerprint density at radius 1 is 1.12 bits per heavy atom. The first-order valence-corrected chi connectivity index (χ1v) is 11.6. The Balaban J connectivity index is 1.46. The fourth-order valence-electron chi connectivity index (χ4n) is 3.71. The number of hydrogen-bond donors (Lipinski definition) is 2. The Morgan fingerprint density at radius 3 is 2.67 bits per heavy atom. The van der Waals surface area contributed by atoms with Crippen molar-refractivity contribution >= 4 is 17.7 Å². The summed E-state index contributed by atoms with van der Waals surface area (Å²) in [5.74, 6) is 2.07. The van der Waals surface area contributed by atoms with Crippen molar-refractivity contribution < 1.29 is 13.9 Å². The predicted molar refractivity (Wildman–Crippen MR) is 125 cm³/mol. The first-order chi connectivity index (χ1) is 16.2. The zero-order valence-electron chi connectivity index (χ0n) is 18.0. The van der Waals surface area contributed by atoms with Crippen LogP contribution in [-0.2, 0) is 11.3 Å². The monoisotopic (exact) mass is 461 g/mol. The zero-order valence-corrected chi connectivity index (χ0v) is 18.8. The van der Waals surface area contributed by atoms with Crippen LogP contribution in [0.15, 0.2) is 82.6 Å². The molecule has 33 heavy (non-hydrogen) atoms. The van der Waals surface area contributed by atoms with Crippen molar-refractivity contribution in [2.75, 3.05) is 12.0 Å². The number of aromatic nitrogens is 3. The van der Waals surface area contributed by atoms with Crippen LogP contribution in [0.1, 0.15) is 24.3 Å². The first-order valence-electron chi connectivity index (χ1n) is 10.7. The quantitative estimate of drug-likeness (QED) is 0.429. The summed E-state index contributed by atoms with van der Waals surface area (Å²) in [6.07, 6.45) is 1.59. The Morgan fingerprint density at radius 2 is 1.94 bits per heavy atom. The second-order valence-corrected chi connectivity index (χ2v) is 8.56. The van der Waals surface area contributed by atoms with Crippen molar-refractivity contribution in [3.8, 4) is 17.1 Å². The molecular weight excluding hydrogens is 438 g/mol. The van der Waals surface area contributed by atoms with Crippen LogP contribution in [-0.4, -0.2) is 32.6 Å². The molecule has 0 saturated carbocycles. The molecule has 0 unspecified atom stereocenters. The van der Waals surface area contributed by atoms with E-state index in [0.29, 0.717) is 29.9 Å². The minimum atomic E-state index is -0.460. The van der Waals surface area contributed by atoms with Gasteiger partial charge in [0, 0.05) is 5.56 Å². The van der Waals surface area contributed by atoms with Crippen LogP contribution in [0.4, 0.5) is 0 Å². The van der Waals surface area contributed by atoms with Crippen LogP contribution in [0.2, 0.25) is 0 Å². The van der Waals surface area contributed by atoms with Gasteiger partial charge >= 0.3 is 0 Å². The third kappa shape index (κ3) is 4.45. The molecule has 2 atom stereocenters. The van der Waals surface area contributed by atoms with E-state index in [9.17, 15) is 4.79 Å². The molecule has 0 spiro atoms. The lowest BCUT2D eigenvalue weighted by Crippen LogP contribution is -2.43. The molecular formula is C24H23N5O3S. The summed E-state index contributed by atoms with van der Waals surface area (Å²) in [5, 5.41) is 11.9. The SMILES string of the molecule is CCOc1ccc([C@@H]2Nn3c(nnc3-c3ccccc3)S[C@@H]2C(=O)NCc2ccco2)cc1. The molecule has 2 aromatic carbocycles. The van der Waals surface area contributed by atoms with E-state index in [1.807, 2.05) is 72.3 Å². The molecule has 4 aromatic rings. The maximum absolute atomic E-state index is 13.2. The Hall–Kier alpha value is -3.72. The highest BCUT2D eigenvalue weighted by Gasteiger charge is 2.38. The minimum Gasteiger partial charge on any atom is -0.494 e. The molecule has 9 heteroatoms. The molecule has 1 amide bonds. The molecule has 0 bridgehead atoms. The molecule has 0 radical (unpaired) electrons. The fourth-order valence-corrected chi connectivity index (χ4v) is 4.81. The lowest BCUT2D eigenvalue weighted by atomic mass is 10.0. The van der Waals surface area contributed by atoms with Crippen molar-refractivity contribution in [3.63, 3.8) is 0 Å². The van der Waals surface area contributed by atoms with Gasteiger partial charge in [0.15, 0.2) is 5.82 Å². The van der Waals surface area contributed by atoms with Crippen LogP contribution in [0.5, 0.6) is 5.75 Å². The summed E-state index contributed by atoms with van der Waals surface area (Å²) in [6.45, 7) is 2.87. The molecule has 0 aliphatic carbocycles. The first kappa shape index (κ1) is 21.1. The lowest BCUT2D eigenvalue weighted by molar-refractivity contribution is -0.121. The van der Waals surface area contributed by atoms with Crippen molar-refractivity contribution in [1.29, 1.82) is 0 Å². The number of benzene rings is 2. The van der Waals surface area contributed by atoms with Gasteiger partial charge in [0.2, 0.25) is 11.1 Å². The summed E-state index contributed by atoms with van der Waals surface area (Å²) in [6, 6.07) is 21.0. The number of carbonyl (C=O) groups excluding carboxylic acids is 1. The van der Waals surface area contributed by atoms with Gasteiger partial charge in [-0.25, -0.2) is 4.68 Å². The van der Waals surface area contributed by atoms with Gasteiger partial charge in [0.05, 0.1) is 25.5 Å². The molecule has 0 fully saturated rings. The highest BCUT2D eigenvalue weighted by Crippen LogP contribution is 2.39. The van der Waals surface area contributed by atoms with Gasteiger partial charge in [-0.1, -0.05) is 54.2 Å². The number of ether oxygens (including phenoxy) is 1. The van der Waals surface area contributed by atoms with Gasteiger partial charge in [-0.15, -0.1) is 10.2 Å². The van der Waals surface area contributed by atoms with Crippen LogP contribution in [0.3, 0.4) is 0 Å². The molecule has 5 rings (SSSR count). The van der Waals surface area contributed by atoms with Crippen LogP contribution < -0.4 is 15.5 Å². The Kier molecular flexibility index (Phi) is 6.03. The third-order valence-corrected chi connectivity index (χ3v) is 6.51. The Bertz CT molecular complexity index is 1210. The van der Waals surface area contributed by atoms with Crippen LogP contribution in [0, 0.1) is 0 Å². The van der Waals surface area contributed by atoms with Crippen LogP contribution >= 0.6 is 11.8 Å². The summed E-state index contributed by atoms with van der Waals surface area (Å²) >= 11 is 1.39. The van der Waals surface area contributed by atoms with E-state index in [2.05, 4.69) is 20.9 Å². The smallest absolute Gasteiger partial charge is 0.236 e. The minimum absolute atomic E-state index is 0.113. The van der Waals surface area contributed by atoms with E-state index >= 15 is 0 Å². The number of furan rings is 1. The number of hydrogen-bond acceptors (Lipinski definition) is 7. The molecule has 168 valence electrons. The van der Waals surface area contributed by atoms with E-state index in [-0.39, 0.29) is 11.9 Å². The highest BCUT2D eigenvalue weighted by atomic mass is 32.2. The van der Waals surface area contributed by atoms with E-state index < -0.39 is 5.25 Å². The number of fused-ring (bicyclic) bond motifs is 1. The van der Waals surface area contributed by atoms with E-state index in [1.165, 1.54) is 11.8 Å². The largest absolute Gasteiger partial charge is 0.494 e. The second-order valence-electron chi connectivity index (χ2n) is 7.45. The maximum Gasteiger partial charge on any atom is 0.236 e. The molecule has 8 nitrogen and oxygen atoms in total. The van der Waals surface area contributed by atoms with E-state index in [4.69, 9.17) is 9.15 Å². The standard InChI is InChI=1S/C24H23N5O3S/c1-2-31-18-12-10-16(11-13-18)20-21(23(30)25-15-19-9-6-14-32-19)33-24-27-26-22(29(24)28-20)17-7-4-3-5-8-17/h3-14,20-21,28H,2,15H2,1H3,(H,25,30)/t20-,21-/m0/s1. The zero-order chi connectivity index (χ0) is 22.6. The predicted octanol–water partition coefficient (Wildman–Crippen LogP) is 4.01.